The number of carbonyl (C=O) groups is 1. The quantitative estimate of drug-likeness (QED) is 0.856. The monoisotopic (exact) mass is 339 g/mol. The molecule has 2 rings (SSSR count). The Hall–Kier alpha value is -0.0300. The number of carbonyl (C=O) groups excluding carboxylic acids is 1. The zero-order valence-electron chi connectivity index (χ0n) is 13.5. The lowest BCUT2D eigenvalue weighted by atomic mass is 9.99. The Labute approximate surface area is 141 Å². The summed E-state index contributed by atoms with van der Waals surface area (Å²) in [6.07, 6.45) is 5.64. The molecule has 0 aromatic carbocycles. The van der Waals surface area contributed by atoms with Crippen molar-refractivity contribution in [2.75, 3.05) is 26.7 Å². The maximum absolute atomic E-state index is 12.5. The van der Waals surface area contributed by atoms with Crippen molar-refractivity contribution < 1.29 is 4.79 Å². The van der Waals surface area contributed by atoms with E-state index in [0.717, 1.165) is 38.9 Å². The van der Waals surface area contributed by atoms with E-state index in [1.54, 1.807) is 0 Å². The molecule has 1 N–H and O–H groups in total. The van der Waals surface area contributed by atoms with Crippen LogP contribution in [0.2, 0.25) is 0 Å². The first-order valence-electron chi connectivity index (χ1n) is 7.83. The fraction of sp³-hybridized carbons (Fsp3) is 0.933. The lowest BCUT2D eigenvalue weighted by Gasteiger charge is -2.40. The van der Waals surface area contributed by atoms with Gasteiger partial charge in [0.05, 0.1) is 6.04 Å². The number of likely N-dealkylation sites (N-methyl/N-ethyl adjacent to an activating group) is 1. The molecule has 4 nitrogen and oxygen atoms in total. The molecule has 2 fully saturated rings. The van der Waals surface area contributed by atoms with Crippen molar-refractivity contribution >= 4 is 30.7 Å². The highest BCUT2D eigenvalue weighted by molar-refractivity contribution is 5.85. The predicted molar refractivity (Wildman–Crippen MR) is 92.6 cm³/mol. The zero-order valence-corrected chi connectivity index (χ0v) is 15.1. The van der Waals surface area contributed by atoms with Crippen LogP contribution in [0.25, 0.3) is 0 Å². The van der Waals surface area contributed by atoms with Gasteiger partial charge < -0.3 is 15.1 Å². The summed E-state index contributed by atoms with van der Waals surface area (Å²) in [4.78, 5) is 17.0. The van der Waals surface area contributed by atoms with Crippen molar-refractivity contribution in [3.63, 3.8) is 0 Å². The number of likely N-dealkylation sites (tertiary alicyclic amines) is 1. The average molecular weight is 340 g/mol. The van der Waals surface area contributed by atoms with E-state index in [0.29, 0.717) is 18.0 Å². The molecule has 0 saturated carbocycles. The Morgan fingerprint density at radius 2 is 1.76 bits per heavy atom. The van der Waals surface area contributed by atoms with Crippen LogP contribution in [0, 0.1) is 0 Å². The fourth-order valence-electron chi connectivity index (χ4n) is 3.28. The van der Waals surface area contributed by atoms with Gasteiger partial charge in [-0.05, 0) is 46.1 Å². The molecule has 2 heterocycles. The number of nitrogens with zero attached hydrogens (tertiary/aromatic N) is 2. The van der Waals surface area contributed by atoms with E-state index in [2.05, 4.69) is 24.1 Å². The average Bonchev–Trinajstić information content (AvgIpc) is 2.46. The number of hydrogen-bond donors (Lipinski definition) is 1. The summed E-state index contributed by atoms with van der Waals surface area (Å²) < 4.78 is 0. The Kier molecular flexibility index (Phi) is 9.87. The number of hydrogen-bond acceptors (Lipinski definition) is 3. The van der Waals surface area contributed by atoms with Crippen LogP contribution in [-0.4, -0.2) is 60.5 Å². The third-order valence-electron chi connectivity index (χ3n) is 4.73. The molecule has 0 unspecified atom stereocenters. The van der Waals surface area contributed by atoms with Gasteiger partial charge in [-0.2, -0.15) is 0 Å². The summed E-state index contributed by atoms with van der Waals surface area (Å²) >= 11 is 0. The molecule has 1 amide bonds. The number of amides is 1. The van der Waals surface area contributed by atoms with Gasteiger partial charge >= 0.3 is 0 Å². The summed E-state index contributed by atoms with van der Waals surface area (Å²) in [6, 6.07) is 1.13. The third-order valence-corrected chi connectivity index (χ3v) is 4.73. The van der Waals surface area contributed by atoms with Gasteiger partial charge in [-0.3, -0.25) is 4.79 Å². The first kappa shape index (κ1) is 21.0. The van der Waals surface area contributed by atoms with Crippen molar-refractivity contribution in [2.24, 2.45) is 0 Å². The minimum absolute atomic E-state index is 0. The van der Waals surface area contributed by atoms with Crippen LogP contribution in [-0.2, 0) is 4.79 Å². The smallest absolute Gasteiger partial charge is 0.239 e. The van der Waals surface area contributed by atoms with Crippen LogP contribution >= 0.6 is 24.8 Å². The lowest BCUT2D eigenvalue weighted by molar-refractivity contribution is -0.135. The molecule has 0 aromatic rings. The highest BCUT2D eigenvalue weighted by Gasteiger charge is 2.30. The van der Waals surface area contributed by atoms with E-state index in [1.807, 2.05) is 11.9 Å². The van der Waals surface area contributed by atoms with E-state index in [9.17, 15) is 4.79 Å². The van der Waals surface area contributed by atoms with Gasteiger partial charge in [0.2, 0.25) is 5.91 Å². The van der Waals surface area contributed by atoms with Crippen LogP contribution in [0.5, 0.6) is 0 Å². The van der Waals surface area contributed by atoms with Crippen LogP contribution in [0.4, 0.5) is 0 Å². The zero-order chi connectivity index (χ0) is 13.8. The van der Waals surface area contributed by atoms with Gasteiger partial charge in [0.25, 0.3) is 0 Å². The Morgan fingerprint density at radius 1 is 1.14 bits per heavy atom. The molecule has 2 saturated heterocycles. The Balaban J connectivity index is 0.00000200. The highest BCUT2D eigenvalue weighted by Crippen LogP contribution is 2.19. The van der Waals surface area contributed by atoms with E-state index >= 15 is 0 Å². The minimum atomic E-state index is 0. The molecule has 2 aliphatic rings. The topological polar surface area (TPSA) is 35.6 Å². The molecule has 0 spiro atoms. The van der Waals surface area contributed by atoms with E-state index in [-0.39, 0.29) is 30.9 Å². The predicted octanol–water partition coefficient (Wildman–Crippen LogP) is 2.30. The first-order valence-corrected chi connectivity index (χ1v) is 7.83. The molecule has 0 bridgehead atoms. The third kappa shape index (κ3) is 5.59. The minimum Gasteiger partial charge on any atom is -0.341 e. The second-order valence-corrected chi connectivity index (χ2v) is 6.31. The summed E-state index contributed by atoms with van der Waals surface area (Å²) in [7, 11) is 1.99. The van der Waals surface area contributed by atoms with Gasteiger partial charge in [-0.25, -0.2) is 0 Å². The van der Waals surface area contributed by atoms with Gasteiger partial charge in [-0.15, -0.1) is 24.8 Å². The number of piperidine rings is 2. The van der Waals surface area contributed by atoms with E-state index < -0.39 is 0 Å². The molecule has 21 heavy (non-hydrogen) atoms. The van der Waals surface area contributed by atoms with Gasteiger partial charge in [-0.1, -0.05) is 6.42 Å². The maximum atomic E-state index is 12.5. The number of rotatable bonds is 3. The van der Waals surface area contributed by atoms with Crippen LogP contribution < -0.4 is 5.32 Å². The molecule has 6 heteroatoms. The van der Waals surface area contributed by atoms with E-state index in [4.69, 9.17) is 0 Å². The summed E-state index contributed by atoms with van der Waals surface area (Å²) in [5, 5.41) is 3.36. The molecular weight excluding hydrogens is 309 g/mol. The molecule has 1 atom stereocenters. The van der Waals surface area contributed by atoms with Crippen LogP contribution in [0.1, 0.15) is 46.0 Å². The molecular formula is C15H31Cl2N3O. The SMILES string of the molecule is CC(C)N1CCC(N(C)C(=O)[C@H]2CCCCN2)CC1.Cl.Cl. The van der Waals surface area contributed by atoms with Crippen molar-refractivity contribution in [1.29, 1.82) is 0 Å². The second kappa shape index (κ2) is 9.88. The first-order chi connectivity index (χ1) is 9.09. The summed E-state index contributed by atoms with van der Waals surface area (Å²) in [6.45, 7) is 7.74. The molecule has 0 radical (unpaired) electrons. The van der Waals surface area contributed by atoms with Crippen LogP contribution in [0.15, 0.2) is 0 Å². The largest absolute Gasteiger partial charge is 0.341 e. The van der Waals surface area contributed by atoms with Crippen molar-refractivity contribution in [3.8, 4) is 0 Å². The summed E-state index contributed by atoms with van der Waals surface area (Å²) in [5.74, 6) is 0.308. The molecule has 0 aliphatic carbocycles. The molecule has 0 aromatic heterocycles. The molecule has 126 valence electrons. The van der Waals surface area contributed by atoms with Gasteiger partial charge in [0.15, 0.2) is 0 Å². The normalized spacial score (nSPS) is 24.1. The van der Waals surface area contributed by atoms with Gasteiger partial charge in [0.1, 0.15) is 0 Å². The second-order valence-electron chi connectivity index (χ2n) is 6.31. The highest BCUT2D eigenvalue weighted by atomic mass is 35.5. The number of nitrogens with one attached hydrogen (secondary N) is 1. The number of halogens is 2. The Morgan fingerprint density at radius 3 is 2.24 bits per heavy atom. The summed E-state index contributed by atoms with van der Waals surface area (Å²) in [5.41, 5.74) is 0. The van der Waals surface area contributed by atoms with Crippen LogP contribution in [0.3, 0.4) is 0 Å². The Bertz CT molecular complexity index is 301. The van der Waals surface area contributed by atoms with E-state index in [1.165, 1.54) is 12.8 Å². The maximum Gasteiger partial charge on any atom is 0.239 e. The van der Waals surface area contributed by atoms with Crippen molar-refractivity contribution in [3.05, 3.63) is 0 Å². The van der Waals surface area contributed by atoms with Gasteiger partial charge in [0, 0.05) is 32.2 Å². The lowest BCUT2D eigenvalue weighted by Crippen LogP contribution is -2.53. The standard InChI is InChI=1S/C15H29N3O.2ClH/c1-12(2)18-10-7-13(8-11-18)17(3)15(19)14-6-4-5-9-16-14;;/h12-14,16H,4-11H2,1-3H3;2*1H/t14-;;/m1../s1. The fourth-order valence-corrected chi connectivity index (χ4v) is 3.28. The van der Waals surface area contributed by atoms with Crippen molar-refractivity contribution in [1.82, 2.24) is 15.1 Å². The molecule has 2 aliphatic heterocycles. The van der Waals surface area contributed by atoms with Crippen molar-refractivity contribution in [2.45, 2.75) is 64.1 Å².